The predicted molar refractivity (Wildman–Crippen MR) is 169 cm³/mol. The second-order valence-electron chi connectivity index (χ2n) is 9.82. The molecule has 0 spiro atoms. The van der Waals surface area contributed by atoms with Crippen LogP contribution in [0.3, 0.4) is 0 Å². The van der Waals surface area contributed by atoms with E-state index in [9.17, 15) is 18.1 Å². The molecule has 0 saturated carbocycles. The summed E-state index contributed by atoms with van der Waals surface area (Å²) in [6.07, 6.45) is 6.75. The maximum absolute atomic E-state index is 13.5. The van der Waals surface area contributed by atoms with Gasteiger partial charge in [-0.05, 0) is 79.9 Å². The van der Waals surface area contributed by atoms with Crippen molar-refractivity contribution in [3.8, 4) is 16.9 Å². The number of nitrogens with zero attached hydrogens (tertiary/aromatic N) is 1. The summed E-state index contributed by atoms with van der Waals surface area (Å²) >= 11 is 0. The molecule has 10 heteroatoms. The van der Waals surface area contributed by atoms with Gasteiger partial charge in [0.05, 0.1) is 12.8 Å². The van der Waals surface area contributed by atoms with Gasteiger partial charge in [-0.3, -0.25) is 9.52 Å². The van der Waals surface area contributed by atoms with Crippen molar-refractivity contribution in [2.45, 2.75) is 31.2 Å². The Hall–Kier alpha value is -4.70. The average Bonchev–Trinajstić information content (AvgIpc) is 2.99. The number of methoxy groups -OCH3 is 1. The molecule has 0 saturated heterocycles. The summed E-state index contributed by atoms with van der Waals surface area (Å²) in [5, 5.41) is 9.20. The fraction of sp³-hybridized carbons (Fsp3) is 0.219. The van der Waals surface area contributed by atoms with E-state index >= 15 is 0 Å². The molecule has 3 N–H and O–H groups in total. The lowest BCUT2D eigenvalue weighted by Gasteiger charge is -2.17. The first-order valence-electron chi connectivity index (χ1n) is 13.3. The van der Waals surface area contributed by atoms with Crippen LogP contribution in [-0.4, -0.2) is 34.5 Å². The van der Waals surface area contributed by atoms with Gasteiger partial charge in [0.1, 0.15) is 16.2 Å². The zero-order valence-corrected chi connectivity index (χ0v) is 25.0. The molecule has 220 valence electrons. The van der Waals surface area contributed by atoms with Crippen LogP contribution >= 0.6 is 0 Å². The van der Waals surface area contributed by atoms with E-state index < -0.39 is 15.6 Å². The molecule has 3 aromatic carbocycles. The highest BCUT2D eigenvalue weighted by atomic mass is 32.2. The van der Waals surface area contributed by atoms with Crippen molar-refractivity contribution in [2.24, 2.45) is 5.18 Å². The normalized spacial score (nSPS) is 12.0. The van der Waals surface area contributed by atoms with Gasteiger partial charge in [0.2, 0.25) is 0 Å². The molecule has 42 heavy (non-hydrogen) atoms. The van der Waals surface area contributed by atoms with Crippen molar-refractivity contribution in [1.29, 1.82) is 0 Å². The molecule has 0 unspecified atom stereocenters. The highest BCUT2D eigenvalue weighted by Gasteiger charge is 2.23. The lowest BCUT2D eigenvalue weighted by molar-refractivity contribution is -0.117. The molecule has 0 fully saturated rings. The van der Waals surface area contributed by atoms with Crippen LogP contribution in [0.1, 0.15) is 26.3 Å². The first-order valence-corrected chi connectivity index (χ1v) is 14.8. The third-order valence-corrected chi connectivity index (χ3v) is 7.79. The van der Waals surface area contributed by atoms with Gasteiger partial charge in [0.15, 0.2) is 0 Å². The zero-order chi connectivity index (χ0) is 30.8. The van der Waals surface area contributed by atoms with E-state index in [1.54, 1.807) is 68.5 Å². The summed E-state index contributed by atoms with van der Waals surface area (Å²) in [6.45, 7) is 9.72. The number of amides is 1. The number of nitrogens with one attached hydrogen (secondary N) is 3. The summed E-state index contributed by atoms with van der Waals surface area (Å²) in [5.41, 5.74) is 2.63. The van der Waals surface area contributed by atoms with E-state index in [0.717, 1.165) is 5.56 Å². The van der Waals surface area contributed by atoms with Gasteiger partial charge in [-0.1, -0.05) is 60.3 Å². The van der Waals surface area contributed by atoms with Crippen molar-refractivity contribution < 1.29 is 17.9 Å². The minimum absolute atomic E-state index is 0.0363. The fourth-order valence-corrected chi connectivity index (χ4v) is 5.27. The number of hydrogen-bond acceptors (Lipinski definition) is 7. The van der Waals surface area contributed by atoms with Crippen LogP contribution in [0.15, 0.2) is 113 Å². The van der Waals surface area contributed by atoms with Crippen molar-refractivity contribution in [2.75, 3.05) is 30.2 Å². The molecule has 3 aromatic rings. The van der Waals surface area contributed by atoms with Crippen LogP contribution in [0, 0.1) is 4.91 Å². The Bertz CT molecular complexity index is 1610. The lowest BCUT2D eigenvalue weighted by atomic mass is 9.92. The van der Waals surface area contributed by atoms with Crippen LogP contribution in [0.5, 0.6) is 5.75 Å². The van der Waals surface area contributed by atoms with Crippen LogP contribution < -0.4 is 20.1 Å². The Balaban J connectivity index is 1.76. The van der Waals surface area contributed by atoms with E-state index in [2.05, 4.69) is 27.1 Å². The Kier molecular flexibility index (Phi) is 10.8. The van der Waals surface area contributed by atoms with Gasteiger partial charge in [-0.15, -0.1) is 4.91 Å². The second kappa shape index (κ2) is 14.3. The van der Waals surface area contributed by atoms with Gasteiger partial charge in [0, 0.05) is 24.4 Å². The van der Waals surface area contributed by atoms with Crippen LogP contribution in [0.2, 0.25) is 0 Å². The summed E-state index contributed by atoms with van der Waals surface area (Å²) < 4.78 is 35.0. The van der Waals surface area contributed by atoms with E-state index in [4.69, 9.17) is 4.74 Å². The predicted octanol–water partition coefficient (Wildman–Crippen LogP) is 6.38. The molecule has 0 bridgehead atoms. The molecule has 0 aliphatic heterocycles. The van der Waals surface area contributed by atoms with Crippen molar-refractivity contribution in [1.82, 2.24) is 5.32 Å². The minimum atomic E-state index is -4.05. The molecule has 0 heterocycles. The molecular weight excluding hydrogens is 552 g/mol. The van der Waals surface area contributed by atoms with Crippen LogP contribution in [0.4, 0.5) is 11.4 Å². The number of carbonyl (C=O) groups excluding carboxylic acids is 1. The number of rotatable bonds is 14. The van der Waals surface area contributed by atoms with Gasteiger partial charge in [-0.2, -0.15) is 0 Å². The minimum Gasteiger partial charge on any atom is -0.495 e. The highest BCUT2D eigenvalue weighted by Crippen LogP contribution is 2.34. The highest BCUT2D eigenvalue weighted by molar-refractivity contribution is 7.92. The summed E-state index contributed by atoms with van der Waals surface area (Å²) in [7, 11) is -2.65. The average molecular weight is 589 g/mol. The Morgan fingerprint density at radius 1 is 1.00 bits per heavy atom. The number of allylic oxidation sites excluding steroid dienone is 3. The third kappa shape index (κ3) is 8.17. The summed E-state index contributed by atoms with van der Waals surface area (Å²) in [5.74, 6) is -0.0527. The van der Waals surface area contributed by atoms with Crippen LogP contribution in [0.25, 0.3) is 11.1 Å². The molecule has 0 aliphatic rings. The second-order valence-corrected chi connectivity index (χ2v) is 11.5. The van der Waals surface area contributed by atoms with Crippen LogP contribution in [-0.2, 0) is 20.4 Å². The Morgan fingerprint density at radius 2 is 1.71 bits per heavy atom. The number of carbonyl (C=O) groups is 1. The summed E-state index contributed by atoms with van der Waals surface area (Å²) in [6, 6.07) is 19.0. The van der Waals surface area contributed by atoms with Gasteiger partial charge in [0.25, 0.3) is 15.9 Å². The third-order valence-electron chi connectivity index (χ3n) is 6.39. The number of hydrogen-bond donors (Lipinski definition) is 3. The van der Waals surface area contributed by atoms with Gasteiger partial charge < -0.3 is 15.4 Å². The standard InChI is InChI=1S/C32H36N4O5S/c1-6-8-11-23(7-2)31(37)34-19-18-33-27-14-10-15-28(22-27)35-42(39,40)30-21-25(16-17-29(30)41-5)24-12-9-13-26(20-24)32(3,4)36-38/h6-17,20-22,33,35H,2,18-19H2,1,3-5H3,(H,34,37)/b8-6-,23-11+. The maximum atomic E-state index is 13.5. The number of nitroso groups, excluding NO2 is 1. The SMILES string of the molecule is C=C/C(=C\C=C/C)C(=O)NCCNc1cccc(NS(=O)(=O)c2cc(-c3cccc(C(C)(C)N=O)c3)ccc2OC)c1. The molecule has 1 amide bonds. The monoisotopic (exact) mass is 588 g/mol. The van der Waals surface area contributed by atoms with E-state index in [1.165, 1.54) is 19.3 Å². The van der Waals surface area contributed by atoms with Gasteiger partial charge >= 0.3 is 0 Å². The number of benzene rings is 3. The van der Waals surface area contributed by atoms with E-state index in [-0.39, 0.29) is 16.6 Å². The Morgan fingerprint density at radius 3 is 2.40 bits per heavy atom. The molecule has 0 atom stereocenters. The molecule has 3 rings (SSSR count). The quantitative estimate of drug-likeness (QED) is 0.0868. The number of anilines is 2. The first-order chi connectivity index (χ1) is 20.0. The fourth-order valence-electron chi connectivity index (χ4n) is 4.02. The molecule has 0 radical (unpaired) electrons. The first kappa shape index (κ1) is 31.8. The smallest absolute Gasteiger partial charge is 0.265 e. The zero-order valence-electron chi connectivity index (χ0n) is 24.2. The number of ether oxygens (including phenoxy) is 1. The van der Waals surface area contributed by atoms with Gasteiger partial charge in [-0.25, -0.2) is 8.42 Å². The molecule has 0 aliphatic carbocycles. The molecular formula is C32H36N4O5S. The van der Waals surface area contributed by atoms with Crippen molar-refractivity contribution in [3.63, 3.8) is 0 Å². The number of sulfonamides is 1. The molecule has 0 aromatic heterocycles. The van der Waals surface area contributed by atoms with Crippen molar-refractivity contribution in [3.05, 3.63) is 114 Å². The lowest BCUT2D eigenvalue weighted by Crippen LogP contribution is -2.29. The maximum Gasteiger partial charge on any atom is 0.265 e. The largest absolute Gasteiger partial charge is 0.495 e. The summed E-state index contributed by atoms with van der Waals surface area (Å²) in [4.78, 5) is 23.6. The topological polar surface area (TPSA) is 126 Å². The Labute approximate surface area is 247 Å². The van der Waals surface area contributed by atoms with Crippen molar-refractivity contribution >= 4 is 27.3 Å². The molecule has 9 nitrogen and oxygen atoms in total. The van der Waals surface area contributed by atoms with E-state index in [1.807, 2.05) is 31.2 Å². The van der Waals surface area contributed by atoms with E-state index in [0.29, 0.717) is 41.2 Å².